The number of benzene rings is 1. The minimum absolute atomic E-state index is 0.0966. The highest BCUT2D eigenvalue weighted by Gasteiger charge is 2.34. The van der Waals surface area contributed by atoms with Crippen molar-refractivity contribution in [3.63, 3.8) is 0 Å². The number of carbonyl (C=O) groups is 3. The monoisotopic (exact) mass is 485 g/mol. The van der Waals surface area contributed by atoms with Gasteiger partial charge in [0.2, 0.25) is 18.2 Å². The first-order valence-corrected chi connectivity index (χ1v) is 12.4. The van der Waals surface area contributed by atoms with Crippen LogP contribution < -0.4 is 10.6 Å². The minimum Gasteiger partial charge on any atom is -0.354 e. The predicted molar refractivity (Wildman–Crippen MR) is 140 cm³/mol. The SMILES string of the molecule is C=CCCCCNC(=O)[C@@H](NC(=O)[C@H](CCCC=C)CN(C=O)OCc1ccccc1)C(C)(C)C. The molecule has 2 N–H and O–H groups in total. The van der Waals surface area contributed by atoms with Gasteiger partial charge >= 0.3 is 0 Å². The van der Waals surface area contributed by atoms with Crippen molar-refractivity contribution in [2.45, 2.75) is 71.9 Å². The van der Waals surface area contributed by atoms with Gasteiger partial charge < -0.3 is 10.6 Å². The lowest BCUT2D eigenvalue weighted by Gasteiger charge is -2.32. The number of hydrogen-bond acceptors (Lipinski definition) is 4. The minimum atomic E-state index is -0.703. The van der Waals surface area contributed by atoms with E-state index in [1.165, 1.54) is 0 Å². The lowest BCUT2D eigenvalue weighted by atomic mass is 9.85. The molecule has 1 rings (SSSR count). The normalized spacial score (nSPS) is 12.8. The van der Waals surface area contributed by atoms with Gasteiger partial charge in [-0.1, -0.05) is 63.3 Å². The molecule has 1 aromatic rings. The van der Waals surface area contributed by atoms with E-state index in [4.69, 9.17) is 4.84 Å². The third-order valence-electron chi connectivity index (χ3n) is 5.64. The molecule has 0 unspecified atom stereocenters. The Labute approximate surface area is 210 Å². The number of hydrogen-bond donors (Lipinski definition) is 2. The summed E-state index contributed by atoms with van der Waals surface area (Å²) in [6.45, 7) is 14.1. The molecular formula is C28H43N3O4. The maximum absolute atomic E-state index is 13.3. The van der Waals surface area contributed by atoms with Crippen molar-refractivity contribution in [1.29, 1.82) is 0 Å². The number of nitrogens with one attached hydrogen (secondary N) is 2. The molecule has 7 nitrogen and oxygen atoms in total. The van der Waals surface area contributed by atoms with E-state index in [1.807, 2.05) is 57.2 Å². The Morgan fingerprint density at radius 2 is 1.69 bits per heavy atom. The molecule has 0 saturated heterocycles. The van der Waals surface area contributed by atoms with Gasteiger partial charge in [-0.25, -0.2) is 5.06 Å². The quantitative estimate of drug-likeness (QED) is 0.138. The number of allylic oxidation sites excluding steroid dienone is 2. The summed E-state index contributed by atoms with van der Waals surface area (Å²) in [5, 5.41) is 7.05. The molecule has 0 heterocycles. The summed E-state index contributed by atoms with van der Waals surface area (Å²) in [6, 6.07) is 8.80. The van der Waals surface area contributed by atoms with Crippen LogP contribution in [0.4, 0.5) is 0 Å². The summed E-state index contributed by atoms with van der Waals surface area (Å²) in [5.74, 6) is -1.01. The zero-order chi connectivity index (χ0) is 26.1. The van der Waals surface area contributed by atoms with Crippen molar-refractivity contribution in [3.05, 3.63) is 61.2 Å². The average Bonchev–Trinajstić information content (AvgIpc) is 2.83. The Morgan fingerprint density at radius 3 is 2.29 bits per heavy atom. The van der Waals surface area contributed by atoms with Crippen LogP contribution in [0.15, 0.2) is 55.6 Å². The smallest absolute Gasteiger partial charge is 0.243 e. The van der Waals surface area contributed by atoms with Crippen molar-refractivity contribution in [3.8, 4) is 0 Å². The fourth-order valence-corrected chi connectivity index (χ4v) is 3.55. The van der Waals surface area contributed by atoms with E-state index in [-0.39, 0.29) is 25.0 Å². The van der Waals surface area contributed by atoms with Crippen LogP contribution in [0.3, 0.4) is 0 Å². The fraction of sp³-hybridized carbons (Fsp3) is 0.536. The Balaban J connectivity index is 2.84. The van der Waals surface area contributed by atoms with Crippen LogP contribution in [-0.2, 0) is 25.8 Å². The maximum atomic E-state index is 13.3. The second-order valence-corrected chi connectivity index (χ2v) is 9.76. The van der Waals surface area contributed by atoms with E-state index in [9.17, 15) is 14.4 Å². The Bertz CT molecular complexity index is 789. The van der Waals surface area contributed by atoms with Gasteiger partial charge in [-0.3, -0.25) is 19.2 Å². The highest BCUT2D eigenvalue weighted by atomic mass is 16.7. The van der Waals surface area contributed by atoms with Crippen LogP contribution in [0.25, 0.3) is 0 Å². The van der Waals surface area contributed by atoms with Crippen LogP contribution in [0.1, 0.15) is 64.9 Å². The molecule has 0 saturated carbocycles. The van der Waals surface area contributed by atoms with Crippen molar-refractivity contribution in [2.24, 2.45) is 11.3 Å². The van der Waals surface area contributed by atoms with Gasteiger partial charge in [-0.15, -0.1) is 13.2 Å². The first kappa shape index (κ1) is 30.1. The van der Waals surface area contributed by atoms with Crippen molar-refractivity contribution < 1.29 is 19.2 Å². The third kappa shape index (κ3) is 12.4. The number of unbranched alkanes of at least 4 members (excludes halogenated alkanes) is 3. The maximum Gasteiger partial charge on any atom is 0.243 e. The molecule has 0 spiro atoms. The number of nitrogens with zero attached hydrogens (tertiary/aromatic N) is 1. The van der Waals surface area contributed by atoms with Gasteiger partial charge in [0, 0.05) is 6.54 Å². The summed E-state index contributed by atoms with van der Waals surface area (Å²) >= 11 is 0. The molecule has 194 valence electrons. The highest BCUT2D eigenvalue weighted by molar-refractivity contribution is 5.89. The molecule has 3 amide bonds. The van der Waals surface area contributed by atoms with Gasteiger partial charge in [-0.05, 0) is 49.5 Å². The Kier molecular flexibility index (Phi) is 14.3. The number of rotatable bonds is 18. The molecule has 0 aliphatic rings. The molecule has 35 heavy (non-hydrogen) atoms. The molecule has 0 aliphatic heterocycles. The summed E-state index contributed by atoms with van der Waals surface area (Å²) in [6.07, 6.45) is 8.99. The van der Waals surface area contributed by atoms with Crippen LogP contribution in [0, 0.1) is 11.3 Å². The largest absolute Gasteiger partial charge is 0.354 e. The van der Waals surface area contributed by atoms with Gasteiger partial charge in [-0.2, -0.15) is 0 Å². The van der Waals surface area contributed by atoms with E-state index >= 15 is 0 Å². The fourth-order valence-electron chi connectivity index (χ4n) is 3.55. The van der Waals surface area contributed by atoms with E-state index < -0.39 is 17.4 Å². The molecule has 0 fully saturated rings. The Hall–Kier alpha value is -2.93. The van der Waals surface area contributed by atoms with Crippen LogP contribution >= 0.6 is 0 Å². The third-order valence-corrected chi connectivity index (χ3v) is 5.64. The lowest BCUT2D eigenvalue weighted by Crippen LogP contribution is -2.55. The lowest BCUT2D eigenvalue weighted by molar-refractivity contribution is -0.182. The second-order valence-electron chi connectivity index (χ2n) is 9.76. The molecular weight excluding hydrogens is 442 g/mol. The summed E-state index contributed by atoms with van der Waals surface area (Å²) in [4.78, 5) is 43.6. The van der Waals surface area contributed by atoms with Crippen molar-refractivity contribution >= 4 is 18.2 Å². The zero-order valence-electron chi connectivity index (χ0n) is 21.6. The van der Waals surface area contributed by atoms with Crippen LogP contribution in [0.5, 0.6) is 0 Å². The van der Waals surface area contributed by atoms with E-state index in [0.717, 1.165) is 42.7 Å². The van der Waals surface area contributed by atoms with Crippen molar-refractivity contribution in [1.82, 2.24) is 15.7 Å². The van der Waals surface area contributed by atoms with Gasteiger partial charge in [0.1, 0.15) is 12.6 Å². The molecule has 0 aliphatic carbocycles. The number of carbonyl (C=O) groups excluding carboxylic acids is 3. The van der Waals surface area contributed by atoms with Crippen LogP contribution in [-0.4, -0.2) is 42.4 Å². The van der Waals surface area contributed by atoms with E-state index in [1.54, 1.807) is 6.08 Å². The topological polar surface area (TPSA) is 87.7 Å². The van der Waals surface area contributed by atoms with E-state index in [2.05, 4.69) is 23.8 Å². The highest BCUT2D eigenvalue weighted by Crippen LogP contribution is 2.21. The summed E-state index contributed by atoms with van der Waals surface area (Å²) in [7, 11) is 0. The first-order chi connectivity index (χ1) is 16.7. The average molecular weight is 486 g/mol. The standard InChI is InChI=1S/C28H43N3O4/c1-6-8-10-15-19-29-27(34)25(28(3,4)5)30-26(33)24(18-12-9-7-2)20-31(22-32)35-21-23-16-13-11-14-17-23/h6-7,11,13-14,16-17,22,24-25H,1-2,8-10,12,15,18-21H2,3-5H3,(H,29,34)(H,30,33)/t24-,25-/m1/s1. The Morgan fingerprint density at radius 1 is 1.03 bits per heavy atom. The number of hydroxylamine groups is 2. The van der Waals surface area contributed by atoms with Crippen LogP contribution in [0.2, 0.25) is 0 Å². The van der Waals surface area contributed by atoms with Gasteiger partial charge in [0.25, 0.3) is 0 Å². The molecule has 0 bridgehead atoms. The molecule has 2 atom stereocenters. The molecule has 1 aromatic carbocycles. The first-order valence-electron chi connectivity index (χ1n) is 12.4. The summed E-state index contributed by atoms with van der Waals surface area (Å²) < 4.78 is 0. The zero-order valence-corrected chi connectivity index (χ0v) is 21.6. The van der Waals surface area contributed by atoms with Gasteiger partial charge in [0.05, 0.1) is 12.5 Å². The van der Waals surface area contributed by atoms with Crippen molar-refractivity contribution in [2.75, 3.05) is 13.1 Å². The molecule has 0 radical (unpaired) electrons. The molecule has 0 aromatic heterocycles. The van der Waals surface area contributed by atoms with E-state index in [0.29, 0.717) is 19.4 Å². The number of amides is 3. The predicted octanol–water partition coefficient (Wildman–Crippen LogP) is 4.55. The second kappa shape index (κ2) is 16.7. The molecule has 7 heteroatoms. The summed E-state index contributed by atoms with van der Waals surface area (Å²) in [5.41, 5.74) is 0.435. The van der Waals surface area contributed by atoms with Gasteiger partial charge in [0.15, 0.2) is 0 Å².